The van der Waals surface area contributed by atoms with E-state index in [9.17, 15) is 4.79 Å². The number of fused-ring (bicyclic) bond motifs is 1. The Balaban J connectivity index is 1.31. The van der Waals surface area contributed by atoms with E-state index in [-0.39, 0.29) is 5.91 Å². The first-order valence-corrected chi connectivity index (χ1v) is 12.0. The molecule has 3 heterocycles. The number of amides is 1. The van der Waals surface area contributed by atoms with E-state index in [1.54, 1.807) is 23.1 Å². The van der Waals surface area contributed by atoms with E-state index >= 15 is 0 Å². The number of rotatable bonds is 5. The van der Waals surface area contributed by atoms with Gasteiger partial charge < -0.3 is 9.88 Å². The number of imidazole rings is 1. The van der Waals surface area contributed by atoms with E-state index in [0.29, 0.717) is 11.7 Å². The number of aromatic amines is 1. The number of likely N-dealkylation sites (tertiary alicyclic amines) is 1. The third-order valence-corrected chi connectivity index (χ3v) is 7.35. The number of thioether (sulfide) groups is 1. The number of piperidine rings is 1. The summed E-state index contributed by atoms with van der Waals surface area (Å²) >= 11 is 3.32. The molecule has 1 N–H and O–H groups in total. The fourth-order valence-corrected chi connectivity index (χ4v) is 5.62. The number of aromatic nitrogens is 3. The van der Waals surface area contributed by atoms with Gasteiger partial charge >= 0.3 is 0 Å². The van der Waals surface area contributed by atoms with Crippen LogP contribution in [0.15, 0.2) is 65.3 Å². The van der Waals surface area contributed by atoms with Crippen molar-refractivity contribution in [2.75, 3.05) is 13.1 Å². The van der Waals surface area contributed by atoms with Crippen molar-refractivity contribution in [3.63, 3.8) is 0 Å². The van der Waals surface area contributed by atoms with E-state index in [0.717, 1.165) is 58.3 Å². The van der Waals surface area contributed by atoms with Gasteiger partial charge in [-0.2, -0.15) is 0 Å². The molecule has 0 bridgehead atoms. The Labute approximate surface area is 183 Å². The number of hydrogen-bond donors (Lipinski definition) is 1. The zero-order chi connectivity index (χ0) is 20.3. The highest BCUT2D eigenvalue weighted by molar-refractivity contribution is 7.98. The molecule has 1 aliphatic heterocycles. The van der Waals surface area contributed by atoms with Crippen LogP contribution in [-0.2, 0) is 5.75 Å². The molecule has 0 saturated carbocycles. The van der Waals surface area contributed by atoms with Gasteiger partial charge in [-0.1, -0.05) is 42.1 Å². The Morgan fingerprint density at radius 1 is 1.20 bits per heavy atom. The van der Waals surface area contributed by atoms with Crippen LogP contribution in [0.3, 0.4) is 0 Å². The van der Waals surface area contributed by atoms with Crippen LogP contribution in [0.5, 0.6) is 0 Å². The third kappa shape index (κ3) is 4.00. The highest BCUT2D eigenvalue weighted by Gasteiger charge is 2.27. The number of benzene rings is 2. The van der Waals surface area contributed by atoms with Crippen LogP contribution in [0.2, 0.25) is 0 Å². The quantitative estimate of drug-likeness (QED) is 0.431. The lowest BCUT2D eigenvalue weighted by molar-refractivity contribution is 0.0706. The van der Waals surface area contributed by atoms with Gasteiger partial charge in [-0.3, -0.25) is 4.79 Å². The number of thiazole rings is 1. The average molecular weight is 435 g/mol. The summed E-state index contributed by atoms with van der Waals surface area (Å²) in [7, 11) is 0. The standard InChI is InChI=1S/C23H22N4OS2/c28-22(27-12-5-7-16(14-27)21-24-11-13-29-21)18-8-2-1-6-17(18)15-30-23-25-19-9-3-4-10-20(19)26-23/h1-4,6,8-11,13,16H,5,7,12,14-15H2,(H,25,26). The molecule has 1 unspecified atom stereocenters. The predicted molar refractivity (Wildman–Crippen MR) is 122 cm³/mol. The molecule has 5 rings (SSSR count). The third-order valence-electron chi connectivity index (χ3n) is 5.49. The zero-order valence-electron chi connectivity index (χ0n) is 16.5. The van der Waals surface area contributed by atoms with Crippen molar-refractivity contribution in [1.29, 1.82) is 0 Å². The monoisotopic (exact) mass is 434 g/mol. The molecule has 30 heavy (non-hydrogen) atoms. The minimum Gasteiger partial charge on any atom is -0.338 e. The molecule has 4 aromatic rings. The van der Waals surface area contributed by atoms with Crippen molar-refractivity contribution < 1.29 is 4.79 Å². The summed E-state index contributed by atoms with van der Waals surface area (Å²) in [4.78, 5) is 27.8. The number of nitrogens with one attached hydrogen (secondary N) is 1. The molecule has 2 aromatic carbocycles. The summed E-state index contributed by atoms with van der Waals surface area (Å²) in [6.45, 7) is 1.56. The predicted octanol–water partition coefficient (Wildman–Crippen LogP) is 5.33. The molecule has 1 amide bonds. The van der Waals surface area contributed by atoms with Gasteiger partial charge in [-0.15, -0.1) is 11.3 Å². The Kier molecular flexibility index (Phi) is 5.55. The zero-order valence-corrected chi connectivity index (χ0v) is 18.1. The maximum Gasteiger partial charge on any atom is 0.254 e. The van der Waals surface area contributed by atoms with Crippen molar-refractivity contribution in [3.8, 4) is 0 Å². The molecule has 1 atom stereocenters. The molecular formula is C23H22N4OS2. The molecule has 7 heteroatoms. The van der Waals surface area contributed by atoms with Crippen molar-refractivity contribution in [1.82, 2.24) is 19.9 Å². The van der Waals surface area contributed by atoms with Crippen LogP contribution in [-0.4, -0.2) is 38.8 Å². The first-order valence-electron chi connectivity index (χ1n) is 10.1. The Hall–Kier alpha value is -2.64. The van der Waals surface area contributed by atoms with Gasteiger partial charge in [0.05, 0.1) is 16.0 Å². The number of carbonyl (C=O) groups excluding carboxylic acids is 1. The fraction of sp³-hybridized carbons (Fsp3) is 0.261. The second-order valence-electron chi connectivity index (χ2n) is 7.47. The van der Waals surface area contributed by atoms with Crippen LogP contribution in [0.25, 0.3) is 11.0 Å². The maximum atomic E-state index is 13.4. The Morgan fingerprint density at radius 2 is 2.07 bits per heavy atom. The van der Waals surface area contributed by atoms with Crippen molar-refractivity contribution >= 4 is 40.0 Å². The van der Waals surface area contributed by atoms with Crippen LogP contribution in [0.1, 0.15) is 39.7 Å². The number of hydrogen-bond acceptors (Lipinski definition) is 5. The first kappa shape index (κ1) is 19.3. The van der Waals surface area contributed by atoms with E-state index in [2.05, 4.69) is 15.0 Å². The Morgan fingerprint density at radius 3 is 2.93 bits per heavy atom. The maximum absolute atomic E-state index is 13.4. The summed E-state index contributed by atoms with van der Waals surface area (Å²) < 4.78 is 0. The van der Waals surface area contributed by atoms with Crippen LogP contribution in [0, 0.1) is 0 Å². The van der Waals surface area contributed by atoms with E-state index in [4.69, 9.17) is 0 Å². The molecule has 152 valence electrons. The lowest BCUT2D eigenvalue weighted by Crippen LogP contribution is -2.39. The molecule has 1 fully saturated rings. The minimum atomic E-state index is 0.122. The van der Waals surface area contributed by atoms with Crippen molar-refractivity contribution in [2.24, 2.45) is 0 Å². The summed E-state index contributed by atoms with van der Waals surface area (Å²) in [6, 6.07) is 16.0. The lowest BCUT2D eigenvalue weighted by Gasteiger charge is -2.32. The van der Waals surface area contributed by atoms with E-state index < -0.39 is 0 Å². The molecule has 0 spiro atoms. The largest absolute Gasteiger partial charge is 0.338 e. The van der Waals surface area contributed by atoms with Crippen LogP contribution >= 0.6 is 23.1 Å². The van der Waals surface area contributed by atoms with Gasteiger partial charge in [0.15, 0.2) is 5.16 Å². The summed E-state index contributed by atoms with van der Waals surface area (Å²) in [5.41, 5.74) is 3.84. The lowest BCUT2D eigenvalue weighted by atomic mass is 9.97. The summed E-state index contributed by atoms with van der Waals surface area (Å²) in [5.74, 6) is 1.17. The minimum absolute atomic E-state index is 0.122. The van der Waals surface area contributed by atoms with Gasteiger partial charge in [0, 0.05) is 41.9 Å². The van der Waals surface area contributed by atoms with E-state index in [1.165, 1.54) is 0 Å². The number of carbonyl (C=O) groups is 1. The molecule has 5 nitrogen and oxygen atoms in total. The Bertz CT molecular complexity index is 1120. The highest BCUT2D eigenvalue weighted by Crippen LogP contribution is 2.30. The molecule has 0 aliphatic carbocycles. The van der Waals surface area contributed by atoms with E-state index in [1.807, 2.05) is 65.0 Å². The number of H-pyrrole nitrogens is 1. The molecule has 2 aromatic heterocycles. The van der Waals surface area contributed by atoms with Crippen molar-refractivity contribution in [3.05, 3.63) is 76.2 Å². The fourth-order valence-electron chi connectivity index (χ4n) is 3.97. The topological polar surface area (TPSA) is 61.9 Å². The summed E-state index contributed by atoms with van der Waals surface area (Å²) in [6.07, 6.45) is 3.97. The second kappa shape index (κ2) is 8.62. The van der Waals surface area contributed by atoms with Gasteiger partial charge in [-0.05, 0) is 36.6 Å². The first-order chi connectivity index (χ1) is 14.8. The number of nitrogens with zero attached hydrogens (tertiary/aromatic N) is 3. The van der Waals surface area contributed by atoms with Gasteiger partial charge in [-0.25, -0.2) is 9.97 Å². The summed E-state index contributed by atoms with van der Waals surface area (Å²) in [5, 5.41) is 4.03. The molecule has 0 radical (unpaired) electrons. The van der Waals surface area contributed by atoms with Gasteiger partial charge in [0.1, 0.15) is 0 Å². The number of para-hydroxylation sites is 2. The molecule has 1 saturated heterocycles. The SMILES string of the molecule is O=C(c1ccccc1CSc1nc2ccccc2[nH]1)N1CCCC(c2nccs2)C1. The van der Waals surface area contributed by atoms with Gasteiger partial charge in [0.25, 0.3) is 5.91 Å². The van der Waals surface area contributed by atoms with Crippen LogP contribution < -0.4 is 0 Å². The second-order valence-corrected chi connectivity index (χ2v) is 9.36. The normalized spacial score (nSPS) is 16.8. The van der Waals surface area contributed by atoms with Crippen molar-refractivity contribution in [2.45, 2.75) is 29.7 Å². The van der Waals surface area contributed by atoms with Gasteiger partial charge in [0.2, 0.25) is 0 Å². The average Bonchev–Trinajstić information content (AvgIpc) is 3.47. The molecular weight excluding hydrogens is 412 g/mol. The smallest absolute Gasteiger partial charge is 0.254 e. The molecule has 1 aliphatic rings. The highest BCUT2D eigenvalue weighted by atomic mass is 32.2. The van der Waals surface area contributed by atoms with Crippen LogP contribution in [0.4, 0.5) is 0 Å².